The first-order valence-electron chi connectivity index (χ1n) is 5.47. The van der Waals surface area contributed by atoms with Gasteiger partial charge in [-0.25, -0.2) is 5.84 Å². The van der Waals surface area contributed by atoms with Crippen molar-refractivity contribution in [2.45, 2.75) is 6.42 Å². The molecule has 0 saturated heterocycles. The number of hydrogen-bond acceptors (Lipinski definition) is 2. The van der Waals surface area contributed by atoms with Crippen molar-refractivity contribution in [3.63, 3.8) is 0 Å². The molecule has 2 nitrogen and oxygen atoms in total. The first-order valence-corrected chi connectivity index (χ1v) is 5.47. The van der Waals surface area contributed by atoms with Crippen molar-refractivity contribution in [3.05, 3.63) is 66.2 Å². The van der Waals surface area contributed by atoms with Crippen LogP contribution in [0.15, 0.2) is 60.7 Å². The maximum Gasteiger partial charge on any atom is 0.0517 e. The minimum atomic E-state index is 0.827. The highest BCUT2D eigenvalue weighted by Gasteiger charge is 2.00. The Morgan fingerprint density at radius 1 is 0.812 bits per heavy atom. The summed E-state index contributed by atoms with van der Waals surface area (Å²) in [6, 6.07) is 20.4. The Morgan fingerprint density at radius 2 is 1.38 bits per heavy atom. The van der Waals surface area contributed by atoms with Crippen molar-refractivity contribution in [1.82, 2.24) is 0 Å². The molecule has 0 radical (unpaired) electrons. The van der Waals surface area contributed by atoms with E-state index in [0.717, 1.165) is 18.7 Å². The van der Waals surface area contributed by atoms with E-state index in [2.05, 4.69) is 24.3 Å². The predicted octanol–water partition coefficient (Wildman–Crippen LogP) is 2.61. The standard InChI is InChI=1S/C14H16N2/c15-16(14-9-5-2-6-10-14)12-11-13-7-3-1-4-8-13/h1-10H,11-12,15H2. The second-order valence-corrected chi connectivity index (χ2v) is 3.76. The normalized spacial score (nSPS) is 10.1. The van der Waals surface area contributed by atoms with Gasteiger partial charge in [0.25, 0.3) is 0 Å². The van der Waals surface area contributed by atoms with Crippen molar-refractivity contribution in [2.24, 2.45) is 5.84 Å². The minimum absolute atomic E-state index is 0.827. The number of hydrazine groups is 1. The number of para-hydroxylation sites is 1. The Hall–Kier alpha value is -1.80. The third-order valence-electron chi connectivity index (χ3n) is 2.57. The lowest BCUT2D eigenvalue weighted by Crippen LogP contribution is -2.32. The zero-order valence-corrected chi connectivity index (χ0v) is 9.21. The van der Waals surface area contributed by atoms with Crippen molar-refractivity contribution < 1.29 is 0 Å². The number of anilines is 1. The van der Waals surface area contributed by atoms with Gasteiger partial charge in [-0.1, -0.05) is 48.5 Å². The summed E-state index contributed by atoms with van der Waals surface area (Å²) >= 11 is 0. The molecule has 82 valence electrons. The van der Waals surface area contributed by atoms with Gasteiger partial charge in [0, 0.05) is 6.54 Å². The number of benzene rings is 2. The van der Waals surface area contributed by atoms with E-state index < -0.39 is 0 Å². The van der Waals surface area contributed by atoms with Gasteiger partial charge < -0.3 is 5.01 Å². The lowest BCUT2D eigenvalue weighted by atomic mass is 10.1. The molecular weight excluding hydrogens is 196 g/mol. The van der Waals surface area contributed by atoms with Gasteiger partial charge in [0.2, 0.25) is 0 Å². The van der Waals surface area contributed by atoms with Crippen molar-refractivity contribution in [2.75, 3.05) is 11.6 Å². The van der Waals surface area contributed by atoms with E-state index in [1.807, 2.05) is 36.4 Å². The summed E-state index contributed by atoms with van der Waals surface area (Å²) in [5.41, 5.74) is 2.37. The van der Waals surface area contributed by atoms with E-state index in [-0.39, 0.29) is 0 Å². The maximum absolute atomic E-state index is 5.98. The second kappa shape index (κ2) is 5.33. The highest BCUT2D eigenvalue weighted by molar-refractivity contribution is 5.44. The summed E-state index contributed by atoms with van der Waals surface area (Å²) in [4.78, 5) is 0. The van der Waals surface area contributed by atoms with E-state index in [4.69, 9.17) is 5.84 Å². The fourth-order valence-corrected chi connectivity index (χ4v) is 1.64. The van der Waals surface area contributed by atoms with Crippen molar-refractivity contribution >= 4 is 5.69 Å². The fourth-order valence-electron chi connectivity index (χ4n) is 1.64. The van der Waals surface area contributed by atoms with Crippen LogP contribution in [-0.4, -0.2) is 6.54 Å². The smallest absolute Gasteiger partial charge is 0.0517 e. The topological polar surface area (TPSA) is 29.3 Å². The minimum Gasteiger partial charge on any atom is -0.311 e. The van der Waals surface area contributed by atoms with Crippen molar-refractivity contribution in [3.8, 4) is 0 Å². The Balaban J connectivity index is 1.92. The van der Waals surface area contributed by atoms with Crippen LogP contribution in [0.2, 0.25) is 0 Å². The molecule has 2 rings (SSSR count). The van der Waals surface area contributed by atoms with Crippen LogP contribution in [0.1, 0.15) is 5.56 Å². The third kappa shape index (κ3) is 2.84. The van der Waals surface area contributed by atoms with E-state index in [0.29, 0.717) is 0 Å². The summed E-state index contributed by atoms with van der Waals surface area (Å²) in [5.74, 6) is 5.98. The molecule has 0 spiro atoms. The Kier molecular flexibility index (Phi) is 3.57. The first kappa shape index (κ1) is 10.7. The number of nitrogens with two attached hydrogens (primary N) is 1. The van der Waals surface area contributed by atoms with Gasteiger partial charge in [0.15, 0.2) is 0 Å². The molecule has 0 atom stereocenters. The average Bonchev–Trinajstić information content (AvgIpc) is 2.38. The second-order valence-electron chi connectivity index (χ2n) is 3.76. The van der Waals surface area contributed by atoms with Crippen LogP contribution in [0.5, 0.6) is 0 Å². The van der Waals surface area contributed by atoms with Gasteiger partial charge >= 0.3 is 0 Å². The lowest BCUT2D eigenvalue weighted by Gasteiger charge is -2.18. The Morgan fingerprint density at radius 3 is 2.00 bits per heavy atom. The summed E-state index contributed by atoms with van der Waals surface area (Å²) in [5, 5.41) is 1.78. The first-order chi connectivity index (χ1) is 7.86. The average molecular weight is 212 g/mol. The summed E-state index contributed by atoms with van der Waals surface area (Å²) in [6.07, 6.45) is 0.965. The fraction of sp³-hybridized carbons (Fsp3) is 0.143. The van der Waals surface area contributed by atoms with Crippen LogP contribution in [0.25, 0.3) is 0 Å². The molecule has 0 unspecified atom stereocenters. The van der Waals surface area contributed by atoms with E-state index in [9.17, 15) is 0 Å². The van der Waals surface area contributed by atoms with E-state index >= 15 is 0 Å². The summed E-state index contributed by atoms with van der Waals surface area (Å²) in [6.45, 7) is 0.827. The summed E-state index contributed by atoms with van der Waals surface area (Å²) in [7, 11) is 0. The molecule has 2 aromatic carbocycles. The monoisotopic (exact) mass is 212 g/mol. The van der Waals surface area contributed by atoms with Gasteiger partial charge in [-0.2, -0.15) is 0 Å². The molecule has 2 heteroatoms. The van der Waals surface area contributed by atoms with Crippen LogP contribution >= 0.6 is 0 Å². The predicted molar refractivity (Wildman–Crippen MR) is 68.1 cm³/mol. The largest absolute Gasteiger partial charge is 0.311 e. The molecule has 0 aliphatic heterocycles. The molecule has 0 bridgehead atoms. The molecule has 2 N–H and O–H groups in total. The van der Waals surface area contributed by atoms with E-state index in [1.165, 1.54) is 5.56 Å². The van der Waals surface area contributed by atoms with E-state index in [1.54, 1.807) is 5.01 Å². The van der Waals surface area contributed by atoms with Crippen LogP contribution in [0, 0.1) is 0 Å². The lowest BCUT2D eigenvalue weighted by molar-refractivity contribution is 0.824. The zero-order chi connectivity index (χ0) is 11.2. The van der Waals surface area contributed by atoms with Gasteiger partial charge in [0.1, 0.15) is 0 Å². The molecule has 16 heavy (non-hydrogen) atoms. The van der Waals surface area contributed by atoms with Crippen LogP contribution in [0.4, 0.5) is 5.69 Å². The molecule has 2 aromatic rings. The molecule has 0 aromatic heterocycles. The Bertz CT molecular complexity index is 411. The van der Waals surface area contributed by atoms with Crippen LogP contribution < -0.4 is 10.9 Å². The quantitative estimate of drug-likeness (QED) is 0.623. The Labute approximate surface area is 96.3 Å². The van der Waals surface area contributed by atoms with Gasteiger partial charge in [-0.05, 0) is 24.1 Å². The molecule has 0 fully saturated rings. The highest BCUT2D eigenvalue weighted by Crippen LogP contribution is 2.10. The molecule has 0 heterocycles. The number of rotatable bonds is 4. The molecule has 0 saturated carbocycles. The molecule has 0 aliphatic rings. The molecule has 0 amide bonds. The SMILES string of the molecule is NN(CCc1ccccc1)c1ccccc1. The maximum atomic E-state index is 5.98. The number of nitrogens with zero attached hydrogens (tertiary/aromatic N) is 1. The number of hydrogen-bond donors (Lipinski definition) is 1. The van der Waals surface area contributed by atoms with Gasteiger partial charge in [-0.15, -0.1) is 0 Å². The van der Waals surface area contributed by atoms with Crippen LogP contribution in [0.3, 0.4) is 0 Å². The van der Waals surface area contributed by atoms with Crippen molar-refractivity contribution in [1.29, 1.82) is 0 Å². The van der Waals surface area contributed by atoms with Gasteiger partial charge in [0.05, 0.1) is 5.69 Å². The summed E-state index contributed by atoms with van der Waals surface area (Å²) < 4.78 is 0. The third-order valence-corrected chi connectivity index (χ3v) is 2.57. The molecular formula is C14H16N2. The molecule has 0 aliphatic carbocycles. The van der Waals surface area contributed by atoms with Gasteiger partial charge in [-0.3, -0.25) is 0 Å². The highest BCUT2D eigenvalue weighted by atomic mass is 15.4. The van der Waals surface area contributed by atoms with Crippen LogP contribution in [-0.2, 0) is 6.42 Å². The zero-order valence-electron chi connectivity index (χ0n) is 9.21.